The van der Waals surface area contributed by atoms with Crippen molar-refractivity contribution in [3.63, 3.8) is 0 Å². The van der Waals surface area contributed by atoms with E-state index in [2.05, 4.69) is 18.7 Å². The van der Waals surface area contributed by atoms with Crippen LogP contribution in [0.4, 0.5) is 4.39 Å². The lowest BCUT2D eigenvalue weighted by Gasteiger charge is -2.35. The van der Waals surface area contributed by atoms with Crippen LogP contribution < -0.4 is 5.46 Å². The van der Waals surface area contributed by atoms with Gasteiger partial charge in [0, 0.05) is 18.6 Å². The average molecular weight is 265 g/mol. The highest BCUT2D eigenvalue weighted by molar-refractivity contribution is 6.58. The molecule has 2 unspecified atom stereocenters. The second-order valence-corrected chi connectivity index (χ2v) is 5.71. The molecule has 1 aromatic rings. The molecule has 2 rings (SSSR count). The van der Waals surface area contributed by atoms with E-state index in [0.717, 1.165) is 31.1 Å². The molecule has 1 aliphatic heterocycles. The van der Waals surface area contributed by atoms with Crippen LogP contribution in [-0.2, 0) is 6.54 Å². The number of rotatable bonds is 3. The van der Waals surface area contributed by atoms with E-state index >= 15 is 0 Å². The van der Waals surface area contributed by atoms with E-state index in [9.17, 15) is 4.39 Å². The molecule has 0 saturated carbocycles. The van der Waals surface area contributed by atoms with Gasteiger partial charge in [-0.15, -0.1) is 0 Å². The molecule has 0 bridgehead atoms. The Morgan fingerprint density at radius 1 is 1.32 bits per heavy atom. The summed E-state index contributed by atoms with van der Waals surface area (Å²) >= 11 is 0. The van der Waals surface area contributed by atoms with Crippen LogP contribution >= 0.6 is 0 Å². The largest absolute Gasteiger partial charge is 0.491 e. The van der Waals surface area contributed by atoms with Crippen molar-refractivity contribution < 1.29 is 14.4 Å². The van der Waals surface area contributed by atoms with E-state index in [0.29, 0.717) is 5.92 Å². The van der Waals surface area contributed by atoms with Crippen molar-refractivity contribution in [1.82, 2.24) is 4.90 Å². The van der Waals surface area contributed by atoms with E-state index < -0.39 is 12.9 Å². The molecule has 19 heavy (non-hydrogen) atoms. The normalized spacial score (nSPS) is 24.5. The molecule has 0 spiro atoms. The van der Waals surface area contributed by atoms with Gasteiger partial charge in [-0.1, -0.05) is 26.0 Å². The number of likely N-dealkylation sites (tertiary alicyclic amines) is 1. The smallest absolute Gasteiger partial charge is 0.423 e. The van der Waals surface area contributed by atoms with Gasteiger partial charge in [-0.25, -0.2) is 4.39 Å². The number of hydrogen-bond acceptors (Lipinski definition) is 3. The van der Waals surface area contributed by atoms with E-state index in [4.69, 9.17) is 10.0 Å². The van der Waals surface area contributed by atoms with Gasteiger partial charge < -0.3 is 10.0 Å². The summed E-state index contributed by atoms with van der Waals surface area (Å²) in [6.45, 7) is 7.34. The van der Waals surface area contributed by atoms with Crippen molar-refractivity contribution in [2.45, 2.75) is 26.8 Å². The molecule has 2 N–H and O–H groups in total. The molecular weight excluding hydrogens is 244 g/mol. The Labute approximate surface area is 114 Å². The zero-order valence-corrected chi connectivity index (χ0v) is 11.5. The number of hydrogen-bond donors (Lipinski definition) is 2. The molecule has 1 aliphatic rings. The molecule has 0 amide bonds. The van der Waals surface area contributed by atoms with Crippen molar-refractivity contribution >= 4 is 12.6 Å². The first-order valence-electron chi connectivity index (χ1n) is 6.84. The van der Waals surface area contributed by atoms with Gasteiger partial charge in [-0.05, 0) is 36.4 Å². The van der Waals surface area contributed by atoms with Crippen LogP contribution in [0.3, 0.4) is 0 Å². The van der Waals surface area contributed by atoms with Crippen molar-refractivity contribution in [3.05, 3.63) is 29.6 Å². The average Bonchev–Trinajstić information content (AvgIpc) is 2.36. The monoisotopic (exact) mass is 265 g/mol. The zero-order chi connectivity index (χ0) is 14.0. The molecule has 104 valence electrons. The van der Waals surface area contributed by atoms with Crippen LogP contribution in [0.25, 0.3) is 0 Å². The maximum atomic E-state index is 13.4. The maximum absolute atomic E-state index is 13.4. The molecular formula is C14H21BFNO2. The lowest BCUT2D eigenvalue weighted by molar-refractivity contribution is 0.132. The van der Waals surface area contributed by atoms with Gasteiger partial charge in [-0.3, -0.25) is 4.90 Å². The van der Waals surface area contributed by atoms with Crippen molar-refractivity contribution in [1.29, 1.82) is 0 Å². The lowest BCUT2D eigenvalue weighted by atomic mass is 9.79. The summed E-state index contributed by atoms with van der Waals surface area (Å²) in [6, 6.07) is 4.56. The molecule has 1 heterocycles. The minimum atomic E-state index is -1.75. The Morgan fingerprint density at radius 3 is 2.68 bits per heavy atom. The van der Waals surface area contributed by atoms with Gasteiger partial charge >= 0.3 is 7.12 Å². The molecule has 5 heteroatoms. The van der Waals surface area contributed by atoms with Crippen LogP contribution in [-0.4, -0.2) is 35.2 Å². The third-order valence-electron chi connectivity index (χ3n) is 4.16. The predicted octanol–water partition coefficient (Wildman–Crippen LogP) is 0.983. The Kier molecular flexibility index (Phi) is 4.60. The van der Waals surface area contributed by atoms with Crippen LogP contribution in [0, 0.1) is 17.7 Å². The lowest BCUT2D eigenvalue weighted by Crippen LogP contribution is -2.38. The van der Waals surface area contributed by atoms with Gasteiger partial charge in [-0.2, -0.15) is 0 Å². The number of nitrogens with zero attached hydrogens (tertiary/aromatic N) is 1. The summed E-state index contributed by atoms with van der Waals surface area (Å²) in [7, 11) is -1.75. The molecule has 1 fully saturated rings. The fraction of sp³-hybridized carbons (Fsp3) is 0.571. The van der Waals surface area contributed by atoms with Crippen molar-refractivity contribution in [2.75, 3.05) is 13.1 Å². The molecule has 0 radical (unpaired) electrons. The first-order chi connectivity index (χ1) is 8.97. The first-order valence-corrected chi connectivity index (χ1v) is 6.84. The Morgan fingerprint density at radius 2 is 2.05 bits per heavy atom. The summed E-state index contributed by atoms with van der Waals surface area (Å²) in [5, 5.41) is 18.2. The van der Waals surface area contributed by atoms with Gasteiger partial charge in [0.05, 0.1) is 0 Å². The quantitative estimate of drug-likeness (QED) is 0.801. The van der Waals surface area contributed by atoms with Gasteiger partial charge in [0.25, 0.3) is 0 Å². The summed E-state index contributed by atoms with van der Waals surface area (Å²) in [5.41, 5.74) is 0.877. The van der Waals surface area contributed by atoms with Crippen LogP contribution in [0.5, 0.6) is 0 Å². The van der Waals surface area contributed by atoms with Gasteiger partial charge in [0.15, 0.2) is 0 Å². The van der Waals surface area contributed by atoms with Crippen LogP contribution in [0.1, 0.15) is 25.8 Å². The Hall–Kier alpha value is -0.905. The van der Waals surface area contributed by atoms with Crippen LogP contribution in [0.15, 0.2) is 18.2 Å². The van der Waals surface area contributed by atoms with Gasteiger partial charge in [0.1, 0.15) is 5.82 Å². The topological polar surface area (TPSA) is 43.7 Å². The predicted molar refractivity (Wildman–Crippen MR) is 74.4 cm³/mol. The highest BCUT2D eigenvalue weighted by Gasteiger charge is 2.23. The number of piperidine rings is 1. The SMILES string of the molecule is CC1CCN(Cc2ccc(F)c(B(O)O)c2)CC1C. The second-order valence-electron chi connectivity index (χ2n) is 5.71. The minimum Gasteiger partial charge on any atom is -0.423 e. The second kappa shape index (κ2) is 6.03. The molecule has 2 atom stereocenters. The summed E-state index contributed by atoms with van der Waals surface area (Å²) < 4.78 is 13.4. The Bertz CT molecular complexity index is 441. The standard InChI is InChI=1S/C14H21BFNO2/c1-10-5-6-17(8-11(10)2)9-12-3-4-14(16)13(7-12)15(18)19/h3-4,7,10-11,18-19H,5-6,8-9H2,1-2H3. The molecule has 0 aliphatic carbocycles. The van der Waals surface area contributed by atoms with E-state index in [1.807, 2.05) is 0 Å². The fourth-order valence-electron chi connectivity index (χ4n) is 2.64. The molecule has 0 aromatic heterocycles. The molecule has 1 aromatic carbocycles. The third kappa shape index (κ3) is 3.56. The van der Waals surface area contributed by atoms with E-state index in [1.165, 1.54) is 12.5 Å². The summed E-state index contributed by atoms with van der Waals surface area (Å²) in [5.74, 6) is 0.843. The van der Waals surface area contributed by atoms with Crippen molar-refractivity contribution in [2.24, 2.45) is 11.8 Å². The fourth-order valence-corrected chi connectivity index (χ4v) is 2.64. The zero-order valence-electron chi connectivity index (χ0n) is 11.5. The molecule has 3 nitrogen and oxygen atoms in total. The van der Waals surface area contributed by atoms with E-state index in [-0.39, 0.29) is 5.46 Å². The Balaban J connectivity index is 2.05. The highest BCUT2D eigenvalue weighted by atomic mass is 19.1. The third-order valence-corrected chi connectivity index (χ3v) is 4.16. The van der Waals surface area contributed by atoms with Gasteiger partial charge in [0.2, 0.25) is 0 Å². The minimum absolute atomic E-state index is 0.0454. The summed E-state index contributed by atoms with van der Waals surface area (Å²) in [4.78, 5) is 2.34. The van der Waals surface area contributed by atoms with Crippen LogP contribution in [0.2, 0.25) is 0 Å². The highest BCUT2D eigenvalue weighted by Crippen LogP contribution is 2.23. The summed E-state index contributed by atoms with van der Waals surface area (Å²) in [6.07, 6.45) is 1.18. The number of halogens is 1. The number of benzene rings is 1. The van der Waals surface area contributed by atoms with E-state index in [1.54, 1.807) is 12.1 Å². The maximum Gasteiger partial charge on any atom is 0.491 e. The molecule has 1 saturated heterocycles. The van der Waals surface area contributed by atoms with Crippen molar-refractivity contribution in [3.8, 4) is 0 Å². The first kappa shape index (κ1) is 14.5.